The lowest BCUT2D eigenvalue weighted by Gasteiger charge is -2.07. The van der Waals surface area contributed by atoms with Crippen LogP contribution in [0.3, 0.4) is 0 Å². The Labute approximate surface area is 119 Å². The maximum atomic E-state index is 13.6. The quantitative estimate of drug-likeness (QED) is 0.709. The Morgan fingerprint density at radius 3 is 2.71 bits per heavy atom. The Bertz CT molecular complexity index is 833. The standard InChI is InChI=1S/C16H11FN2O2/c17-12-9-11(20)6-8-14(12)19-16(21)15-7-5-10-3-1-2-4-13(10)18-15/h1-9,20H,(H,19,21). The first-order chi connectivity index (χ1) is 10.1. The molecule has 3 aromatic rings. The number of amides is 1. The third-order valence-electron chi connectivity index (χ3n) is 3.03. The number of benzene rings is 2. The third kappa shape index (κ3) is 2.67. The third-order valence-corrected chi connectivity index (χ3v) is 3.03. The molecule has 0 bridgehead atoms. The van der Waals surface area contributed by atoms with Crippen LogP contribution in [0.2, 0.25) is 0 Å². The van der Waals surface area contributed by atoms with Gasteiger partial charge in [-0.1, -0.05) is 24.3 Å². The summed E-state index contributed by atoms with van der Waals surface area (Å²) in [5.41, 5.74) is 0.880. The van der Waals surface area contributed by atoms with Gasteiger partial charge in [-0.25, -0.2) is 9.37 Å². The van der Waals surface area contributed by atoms with E-state index in [1.165, 1.54) is 12.1 Å². The second kappa shape index (κ2) is 5.20. The van der Waals surface area contributed by atoms with Crippen LogP contribution in [0.4, 0.5) is 10.1 Å². The number of phenolic OH excluding ortho intramolecular Hbond substituents is 1. The molecule has 0 saturated carbocycles. The fourth-order valence-corrected chi connectivity index (χ4v) is 1.98. The highest BCUT2D eigenvalue weighted by Crippen LogP contribution is 2.20. The maximum absolute atomic E-state index is 13.6. The second-order valence-electron chi connectivity index (χ2n) is 4.51. The van der Waals surface area contributed by atoms with Gasteiger partial charge in [-0.05, 0) is 24.3 Å². The summed E-state index contributed by atoms with van der Waals surface area (Å²) >= 11 is 0. The fourth-order valence-electron chi connectivity index (χ4n) is 1.98. The van der Waals surface area contributed by atoms with Gasteiger partial charge < -0.3 is 10.4 Å². The van der Waals surface area contributed by atoms with Crippen LogP contribution in [0.25, 0.3) is 10.9 Å². The summed E-state index contributed by atoms with van der Waals surface area (Å²) in [6, 6.07) is 14.3. The number of hydrogen-bond acceptors (Lipinski definition) is 3. The smallest absolute Gasteiger partial charge is 0.274 e. The van der Waals surface area contributed by atoms with E-state index < -0.39 is 11.7 Å². The molecule has 0 aliphatic carbocycles. The van der Waals surface area contributed by atoms with Crippen molar-refractivity contribution < 1.29 is 14.3 Å². The number of halogens is 1. The zero-order valence-electron chi connectivity index (χ0n) is 10.9. The molecule has 0 saturated heterocycles. The molecular formula is C16H11FN2O2. The van der Waals surface area contributed by atoms with Gasteiger partial charge in [-0.15, -0.1) is 0 Å². The summed E-state index contributed by atoms with van der Waals surface area (Å²) in [5.74, 6) is -1.41. The van der Waals surface area contributed by atoms with Crippen LogP contribution in [0, 0.1) is 5.82 Å². The lowest BCUT2D eigenvalue weighted by atomic mass is 10.2. The van der Waals surface area contributed by atoms with Gasteiger partial charge in [-0.3, -0.25) is 4.79 Å². The van der Waals surface area contributed by atoms with Crippen molar-refractivity contribution in [2.75, 3.05) is 5.32 Å². The number of anilines is 1. The van der Waals surface area contributed by atoms with E-state index in [1.54, 1.807) is 18.2 Å². The van der Waals surface area contributed by atoms with Crippen LogP contribution in [0.5, 0.6) is 5.75 Å². The highest BCUT2D eigenvalue weighted by Gasteiger charge is 2.11. The van der Waals surface area contributed by atoms with Crippen molar-refractivity contribution in [3.8, 4) is 5.75 Å². The van der Waals surface area contributed by atoms with Crippen LogP contribution < -0.4 is 5.32 Å². The highest BCUT2D eigenvalue weighted by molar-refractivity contribution is 6.04. The number of nitrogens with zero attached hydrogens (tertiary/aromatic N) is 1. The molecule has 1 amide bonds. The van der Waals surface area contributed by atoms with E-state index in [9.17, 15) is 9.18 Å². The molecule has 3 rings (SSSR count). The number of phenols is 1. The van der Waals surface area contributed by atoms with E-state index in [4.69, 9.17) is 5.11 Å². The van der Waals surface area contributed by atoms with E-state index in [2.05, 4.69) is 10.3 Å². The summed E-state index contributed by atoms with van der Waals surface area (Å²) in [7, 11) is 0. The molecule has 0 unspecified atom stereocenters. The first-order valence-electron chi connectivity index (χ1n) is 6.29. The fraction of sp³-hybridized carbons (Fsp3) is 0. The summed E-state index contributed by atoms with van der Waals surface area (Å²) < 4.78 is 13.6. The summed E-state index contributed by atoms with van der Waals surface area (Å²) in [5, 5.41) is 12.5. The molecule has 0 atom stereocenters. The van der Waals surface area contributed by atoms with Crippen LogP contribution in [-0.4, -0.2) is 16.0 Å². The minimum atomic E-state index is -0.705. The Morgan fingerprint density at radius 2 is 1.90 bits per heavy atom. The predicted octanol–water partition coefficient (Wildman–Crippen LogP) is 3.33. The van der Waals surface area contributed by atoms with Gasteiger partial charge in [0.25, 0.3) is 5.91 Å². The van der Waals surface area contributed by atoms with Crippen LogP contribution >= 0.6 is 0 Å². The largest absolute Gasteiger partial charge is 0.508 e. The van der Waals surface area contributed by atoms with Crippen LogP contribution in [0.1, 0.15) is 10.5 Å². The lowest BCUT2D eigenvalue weighted by molar-refractivity contribution is 0.102. The van der Waals surface area contributed by atoms with Crippen molar-refractivity contribution in [2.24, 2.45) is 0 Å². The topological polar surface area (TPSA) is 62.2 Å². The van der Waals surface area contributed by atoms with Crippen molar-refractivity contribution in [3.63, 3.8) is 0 Å². The van der Waals surface area contributed by atoms with Crippen LogP contribution in [0.15, 0.2) is 54.6 Å². The number of carbonyl (C=O) groups is 1. The second-order valence-corrected chi connectivity index (χ2v) is 4.51. The summed E-state index contributed by atoms with van der Waals surface area (Å²) in [6.07, 6.45) is 0. The van der Waals surface area contributed by atoms with Crippen molar-refractivity contribution in [1.82, 2.24) is 4.98 Å². The zero-order valence-corrected chi connectivity index (χ0v) is 10.9. The molecular weight excluding hydrogens is 271 g/mol. The molecule has 0 spiro atoms. The van der Waals surface area contributed by atoms with Crippen molar-refractivity contribution in [2.45, 2.75) is 0 Å². The van der Waals surface area contributed by atoms with Gasteiger partial charge in [0.1, 0.15) is 17.3 Å². The minimum absolute atomic E-state index is 0.00670. The van der Waals surface area contributed by atoms with E-state index in [0.29, 0.717) is 5.52 Å². The number of pyridine rings is 1. The molecule has 1 heterocycles. The van der Waals surface area contributed by atoms with Gasteiger partial charge in [0.15, 0.2) is 0 Å². The molecule has 0 fully saturated rings. The number of fused-ring (bicyclic) bond motifs is 1. The monoisotopic (exact) mass is 282 g/mol. The number of aromatic hydroxyl groups is 1. The first-order valence-corrected chi connectivity index (χ1v) is 6.29. The van der Waals surface area contributed by atoms with Crippen molar-refractivity contribution in [3.05, 3.63) is 66.1 Å². The normalized spacial score (nSPS) is 10.5. The molecule has 2 N–H and O–H groups in total. The molecule has 104 valence electrons. The molecule has 21 heavy (non-hydrogen) atoms. The average Bonchev–Trinajstić information content (AvgIpc) is 2.49. The van der Waals surface area contributed by atoms with Crippen molar-refractivity contribution in [1.29, 1.82) is 0 Å². The molecule has 0 radical (unpaired) electrons. The molecule has 0 aliphatic heterocycles. The Hall–Kier alpha value is -2.95. The number of rotatable bonds is 2. The molecule has 2 aromatic carbocycles. The predicted molar refractivity (Wildman–Crippen MR) is 77.8 cm³/mol. The Morgan fingerprint density at radius 1 is 1.10 bits per heavy atom. The molecule has 5 heteroatoms. The van der Waals surface area contributed by atoms with Gasteiger partial charge in [-0.2, -0.15) is 0 Å². The maximum Gasteiger partial charge on any atom is 0.274 e. The van der Waals surface area contributed by atoms with E-state index >= 15 is 0 Å². The molecule has 1 aromatic heterocycles. The van der Waals surface area contributed by atoms with Gasteiger partial charge in [0.2, 0.25) is 0 Å². The Balaban J connectivity index is 1.89. The highest BCUT2D eigenvalue weighted by atomic mass is 19.1. The zero-order chi connectivity index (χ0) is 14.8. The van der Waals surface area contributed by atoms with Gasteiger partial charge in [0.05, 0.1) is 11.2 Å². The number of carbonyl (C=O) groups excluding carboxylic acids is 1. The van der Waals surface area contributed by atoms with Gasteiger partial charge in [0, 0.05) is 11.5 Å². The lowest BCUT2D eigenvalue weighted by Crippen LogP contribution is -2.14. The number of para-hydroxylation sites is 1. The van der Waals surface area contributed by atoms with Gasteiger partial charge >= 0.3 is 0 Å². The Kier molecular flexibility index (Phi) is 3.23. The van der Waals surface area contributed by atoms with E-state index in [0.717, 1.165) is 11.5 Å². The van der Waals surface area contributed by atoms with Crippen molar-refractivity contribution >= 4 is 22.5 Å². The molecule has 4 nitrogen and oxygen atoms in total. The van der Waals surface area contributed by atoms with E-state index in [1.807, 2.05) is 18.2 Å². The van der Waals surface area contributed by atoms with E-state index in [-0.39, 0.29) is 17.1 Å². The summed E-state index contributed by atoms with van der Waals surface area (Å²) in [4.78, 5) is 16.3. The minimum Gasteiger partial charge on any atom is -0.508 e. The average molecular weight is 282 g/mol. The molecule has 0 aliphatic rings. The first kappa shape index (κ1) is 13.1. The summed E-state index contributed by atoms with van der Waals surface area (Å²) in [6.45, 7) is 0. The number of aromatic nitrogens is 1. The number of hydrogen-bond donors (Lipinski definition) is 2. The number of nitrogens with one attached hydrogen (secondary N) is 1. The van der Waals surface area contributed by atoms with Crippen LogP contribution in [-0.2, 0) is 0 Å². The SMILES string of the molecule is O=C(Nc1ccc(O)cc1F)c1ccc2ccccc2n1.